The van der Waals surface area contributed by atoms with E-state index in [4.69, 9.17) is 9.47 Å². The number of hydrogen-bond acceptors (Lipinski definition) is 4. The first kappa shape index (κ1) is 13.7. The van der Waals surface area contributed by atoms with Crippen LogP contribution in [-0.2, 0) is 4.79 Å². The molecule has 5 heteroatoms. The van der Waals surface area contributed by atoms with Gasteiger partial charge in [-0.1, -0.05) is 6.07 Å². The molecule has 0 bridgehead atoms. The molecular formula is C14H20N2O3. The van der Waals surface area contributed by atoms with Gasteiger partial charge in [-0.2, -0.15) is 0 Å². The summed E-state index contributed by atoms with van der Waals surface area (Å²) >= 11 is 0. The van der Waals surface area contributed by atoms with Crippen molar-refractivity contribution in [3.05, 3.63) is 23.8 Å². The zero-order valence-electron chi connectivity index (χ0n) is 11.4. The third-order valence-electron chi connectivity index (χ3n) is 3.12. The van der Waals surface area contributed by atoms with Crippen molar-refractivity contribution >= 4 is 5.91 Å². The van der Waals surface area contributed by atoms with Gasteiger partial charge in [0.05, 0.1) is 19.8 Å². The molecule has 1 amide bonds. The minimum Gasteiger partial charge on any atom is -0.490 e. The molecule has 104 valence electrons. The SMILES string of the molecule is CNC(=O)CNC(C)c1ccc2c(c1)OCCCO2. The van der Waals surface area contributed by atoms with Crippen LogP contribution < -0.4 is 20.1 Å². The summed E-state index contributed by atoms with van der Waals surface area (Å²) in [5.41, 5.74) is 1.08. The molecule has 1 unspecified atom stereocenters. The maximum Gasteiger partial charge on any atom is 0.233 e. The number of ether oxygens (including phenoxy) is 2. The van der Waals surface area contributed by atoms with Crippen molar-refractivity contribution in [2.75, 3.05) is 26.8 Å². The van der Waals surface area contributed by atoms with Crippen LogP contribution in [-0.4, -0.2) is 32.7 Å². The van der Waals surface area contributed by atoms with Gasteiger partial charge in [-0.05, 0) is 24.6 Å². The summed E-state index contributed by atoms with van der Waals surface area (Å²) in [4.78, 5) is 11.2. The Labute approximate surface area is 113 Å². The predicted octanol–water partition coefficient (Wildman–Crippen LogP) is 1.24. The molecule has 1 aliphatic heterocycles. The van der Waals surface area contributed by atoms with Gasteiger partial charge in [-0.25, -0.2) is 0 Å². The van der Waals surface area contributed by atoms with Crippen molar-refractivity contribution in [1.82, 2.24) is 10.6 Å². The Bertz CT molecular complexity index is 448. The highest BCUT2D eigenvalue weighted by atomic mass is 16.5. The van der Waals surface area contributed by atoms with Gasteiger partial charge in [-0.3, -0.25) is 4.79 Å². The maximum absolute atomic E-state index is 11.2. The average molecular weight is 264 g/mol. The number of carbonyl (C=O) groups is 1. The molecule has 1 heterocycles. The van der Waals surface area contributed by atoms with Crippen molar-refractivity contribution in [1.29, 1.82) is 0 Å². The molecule has 1 aliphatic rings. The van der Waals surface area contributed by atoms with E-state index in [1.54, 1.807) is 7.05 Å². The number of nitrogens with one attached hydrogen (secondary N) is 2. The third-order valence-corrected chi connectivity index (χ3v) is 3.12. The summed E-state index contributed by atoms with van der Waals surface area (Å²) in [6, 6.07) is 5.97. The first-order valence-electron chi connectivity index (χ1n) is 6.54. The lowest BCUT2D eigenvalue weighted by atomic mass is 10.1. The van der Waals surface area contributed by atoms with E-state index in [2.05, 4.69) is 10.6 Å². The largest absolute Gasteiger partial charge is 0.490 e. The minimum atomic E-state index is -0.0267. The first-order valence-corrected chi connectivity index (χ1v) is 6.54. The van der Waals surface area contributed by atoms with Crippen molar-refractivity contribution in [3.63, 3.8) is 0 Å². The zero-order chi connectivity index (χ0) is 13.7. The second kappa shape index (κ2) is 6.43. The van der Waals surface area contributed by atoms with Gasteiger partial charge in [0.15, 0.2) is 11.5 Å². The normalized spacial score (nSPS) is 15.5. The fourth-order valence-corrected chi connectivity index (χ4v) is 1.90. The highest BCUT2D eigenvalue weighted by Crippen LogP contribution is 2.32. The second-order valence-electron chi connectivity index (χ2n) is 4.53. The molecule has 1 atom stereocenters. The van der Waals surface area contributed by atoms with E-state index in [0.717, 1.165) is 23.5 Å². The number of likely N-dealkylation sites (N-methyl/N-ethyl adjacent to an activating group) is 1. The first-order chi connectivity index (χ1) is 9.20. The number of rotatable bonds is 4. The monoisotopic (exact) mass is 264 g/mol. The van der Waals surface area contributed by atoms with E-state index < -0.39 is 0 Å². The van der Waals surface area contributed by atoms with E-state index in [1.165, 1.54) is 0 Å². The summed E-state index contributed by atoms with van der Waals surface area (Å²) in [6.07, 6.45) is 0.897. The number of amides is 1. The molecule has 5 nitrogen and oxygen atoms in total. The minimum absolute atomic E-state index is 0.0267. The molecule has 1 aromatic rings. The van der Waals surface area contributed by atoms with Crippen LogP contribution in [0.2, 0.25) is 0 Å². The molecular weight excluding hydrogens is 244 g/mol. The Morgan fingerprint density at radius 1 is 1.32 bits per heavy atom. The summed E-state index contributed by atoms with van der Waals surface area (Å²) in [6.45, 7) is 3.68. The smallest absolute Gasteiger partial charge is 0.233 e. The van der Waals surface area contributed by atoms with Crippen molar-refractivity contribution in [3.8, 4) is 11.5 Å². The molecule has 19 heavy (non-hydrogen) atoms. The van der Waals surface area contributed by atoms with E-state index in [9.17, 15) is 4.79 Å². The van der Waals surface area contributed by atoms with Crippen LogP contribution in [0.4, 0.5) is 0 Å². The van der Waals surface area contributed by atoms with E-state index in [1.807, 2.05) is 25.1 Å². The number of carbonyl (C=O) groups excluding carboxylic acids is 1. The summed E-state index contributed by atoms with van der Waals surface area (Å²) in [7, 11) is 1.63. The number of hydrogen-bond donors (Lipinski definition) is 2. The van der Waals surface area contributed by atoms with E-state index >= 15 is 0 Å². The highest BCUT2D eigenvalue weighted by Gasteiger charge is 2.13. The Kier molecular flexibility index (Phi) is 4.63. The molecule has 0 spiro atoms. The Balaban J connectivity index is 2.04. The van der Waals surface area contributed by atoms with Crippen molar-refractivity contribution < 1.29 is 14.3 Å². The lowest BCUT2D eigenvalue weighted by Gasteiger charge is -2.16. The van der Waals surface area contributed by atoms with Crippen LogP contribution >= 0.6 is 0 Å². The van der Waals surface area contributed by atoms with Gasteiger partial charge in [0.25, 0.3) is 0 Å². The lowest BCUT2D eigenvalue weighted by molar-refractivity contribution is -0.119. The van der Waals surface area contributed by atoms with Gasteiger partial charge < -0.3 is 20.1 Å². The van der Waals surface area contributed by atoms with E-state index in [-0.39, 0.29) is 11.9 Å². The third kappa shape index (κ3) is 3.61. The summed E-state index contributed by atoms with van der Waals surface area (Å²) in [5, 5.41) is 5.75. The number of benzene rings is 1. The Morgan fingerprint density at radius 2 is 2.05 bits per heavy atom. The highest BCUT2D eigenvalue weighted by molar-refractivity contribution is 5.77. The average Bonchev–Trinajstić information content (AvgIpc) is 2.68. The fraction of sp³-hybridized carbons (Fsp3) is 0.500. The van der Waals surface area contributed by atoms with Gasteiger partial charge >= 0.3 is 0 Å². The standard InChI is InChI=1S/C14H20N2O3/c1-10(16-9-14(17)15-2)11-4-5-12-13(8-11)19-7-3-6-18-12/h4-5,8,10,16H,3,6-7,9H2,1-2H3,(H,15,17). The van der Waals surface area contributed by atoms with Crippen LogP contribution in [0.3, 0.4) is 0 Å². The van der Waals surface area contributed by atoms with Crippen LogP contribution in [0.1, 0.15) is 24.9 Å². The van der Waals surface area contributed by atoms with Crippen LogP contribution in [0.25, 0.3) is 0 Å². The molecule has 0 saturated heterocycles. The van der Waals surface area contributed by atoms with Gasteiger partial charge in [0.1, 0.15) is 0 Å². The molecule has 0 aromatic heterocycles. The zero-order valence-corrected chi connectivity index (χ0v) is 11.4. The molecule has 0 fully saturated rings. The van der Waals surface area contributed by atoms with Crippen molar-refractivity contribution in [2.45, 2.75) is 19.4 Å². The van der Waals surface area contributed by atoms with E-state index in [0.29, 0.717) is 19.8 Å². The topological polar surface area (TPSA) is 59.6 Å². The Morgan fingerprint density at radius 3 is 2.79 bits per heavy atom. The van der Waals surface area contributed by atoms with Crippen LogP contribution in [0.15, 0.2) is 18.2 Å². The molecule has 2 N–H and O–H groups in total. The second-order valence-corrected chi connectivity index (χ2v) is 4.53. The quantitative estimate of drug-likeness (QED) is 0.859. The Hall–Kier alpha value is -1.75. The molecule has 0 radical (unpaired) electrons. The van der Waals surface area contributed by atoms with Gasteiger partial charge in [0, 0.05) is 19.5 Å². The van der Waals surface area contributed by atoms with Gasteiger partial charge in [0.2, 0.25) is 5.91 Å². The van der Waals surface area contributed by atoms with Crippen LogP contribution in [0, 0.1) is 0 Å². The predicted molar refractivity (Wildman–Crippen MR) is 72.5 cm³/mol. The maximum atomic E-state index is 11.2. The molecule has 2 rings (SSSR count). The van der Waals surface area contributed by atoms with Crippen LogP contribution in [0.5, 0.6) is 11.5 Å². The van der Waals surface area contributed by atoms with Gasteiger partial charge in [-0.15, -0.1) is 0 Å². The summed E-state index contributed by atoms with van der Waals surface area (Å²) < 4.78 is 11.2. The molecule has 0 saturated carbocycles. The lowest BCUT2D eigenvalue weighted by Crippen LogP contribution is -2.32. The van der Waals surface area contributed by atoms with Crippen molar-refractivity contribution in [2.24, 2.45) is 0 Å². The summed E-state index contributed by atoms with van der Waals surface area (Å²) in [5.74, 6) is 1.55. The fourth-order valence-electron chi connectivity index (χ4n) is 1.90. The molecule has 1 aromatic carbocycles. The molecule has 0 aliphatic carbocycles. The number of fused-ring (bicyclic) bond motifs is 1.